The highest BCUT2D eigenvalue weighted by molar-refractivity contribution is 6.31. The van der Waals surface area contributed by atoms with Crippen LogP contribution in [0.15, 0.2) is 42.7 Å². The molecule has 4 heteroatoms. The summed E-state index contributed by atoms with van der Waals surface area (Å²) in [6.07, 6.45) is 4.02. The van der Waals surface area contributed by atoms with Gasteiger partial charge in [-0.1, -0.05) is 17.7 Å². The second kappa shape index (κ2) is 5.25. The lowest BCUT2D eigenvalue weighted by atomic mass is 10.0. The van der Waals surface area contributed by atoms with Crippen LogP contribution in [0, 0.1) is 5.82 Å². The normalized spacial score (nSPS) is 12.4. The van der Waals surface area contributed by atoms with E-state index in [1.807, 2.05) is 12.1 Å². The third-order valence-corrected chi connectivity index (χ3v) is 2.88. The average molecular weight is 251 g/mol. The maximum atomic E-state index is 13.1. The smallest absolute Gasteiger partial charge is 0.123 e. The average Bonchev–Trinajstić information content (AvgIpc) is 2.33. The van der Waals surface area contributed by atoms with Gasteiger partial charge < -0.3 is 5.73 Å². The minimum absolute atomic E-state index is 0.328. The Bertz CT molecular complexity index is 502. The van der Waals surface area contributed by atoms with Crippen LogP contribution in [0.2, 0.25) is 5.02 Å². The van der Waals surface area contributed by atoms with Crippen molar-refractivity contribution in [1.29, 1.82) is 0 Å². The molecule has 1 heterocycles. The first kappa shape index (κ1) is 12.0. The van der Waals surface area contributed by atoms with E-state index in [4.69, 9.17) is 17.3 Å². The summed E-state index contributed by atoms with van der Waals surface area (Å²) in [7, 11) is 0. The third-order valence-electron chi connectivity index (χ3n) is 2.54. The van der Waals surface area contributed by atoms with Crippen molar-refractivity contribution in [3.63, 3.8) is 0 Å². The molecule has 88 valence electrons. The van der Waals surface area contributed by atoms with Crippen LogP contribution in [0.3, 0.4) is 0 Å². The van der Waals surface area contributed by atoms with Gasteiger partial charge in [0, 0.05) is 23.5 Å². The van der Waals surface area contributed by atoms with Crippen molar-refractivity contribution in [1.82, 2.24) is 4.98 Å². The summed E-state index contributed by atoms with van der Waals surface area (Å²) < 4.78 is 13.1. The molecule has 0 saturated carbocycles. The van der Waals surface area contributed by atoms with Gasteiger partial charge in [0.1, 0.15) is 5.82 Å². The molecule has 0 radical (unpaired) electrons. The van der Waals surface area contributed by atoms with Gasteiger partial charge in [-0.25, -0.2) is 4.39 Å². The van der Waals surface area contributed by atoms with Crippen molar-refractivity contribution in [2.24, 2.45) is 5.73 Å². The number of aromatic nitrogens is 1. The van der Waals surface area contributed by atoms with E-state index >= 15 is 0 Å². The van der Waals surface area contributed by atoms with E-state index in [0.717, 1.165) is 5.56 Å². The zero-order chi connectivity index (χ0) is 12.3. The molecule has 1 aromatic heterocycles. The van der Waals surface area contributed by atoms with Crippen molar-refractivity contribution in [3.05, 3.63) is 64.7 Å². The first-order valence-electron chi connectivity index (χ1n) is 5.26. The molecule has 0 aliphatic rings. The zero-order valence-corrected chi connectivity index (χ0v) is 9.86. The van der Waals surface area contributed by atoms with Crippen molar-refractivity contribution in [3.8, 4) is 0 Å². The highest BCUT2D eigenvalue weighted by atomic mass is 35.5. The van der Waals surface area contributed by atoms with Gasteiger partial charge in [-0.15, -0.1) is 0 Å². The molecule has 0 amide bonds. The minimum atomic E-state index is -0.331. The second-order valence-corrected chi connectivity index (χ2v) is 4.24. The van der Waals surface area contributed by atoms with Gasteiger partial charge in [-0.2, -0.15) is 0 Å². The highest BCUT2D eigenvalue weighted by Crippen LogP contribution is 2.24. The number of pyridine rings is 1. The molecule has 2 rings (SSSR count). The molecule has 0 saturated heterocycles. The Kier molecular flexibility index (Phi) is 3.71. The summed E-state index contributed by atoms with van der Waals surface area (Å²) in [5.41, 5.74) is 7.64. The van der Waals surface area contributed by atoms with Gasteiger partial charge in [-0.3, -0.25) is 4.98 Å². The van der Waals surface area contributed by atoms with E-state index < -0.39 is 0 Å². The molecule has 2 aromatic rings. The molecule has 0 spiro atoms. The van der Waals surface area contributed by atoms with E-state index in [2.05, 4.69) is 4.98 Å². The Balaban J connectivity index is 2.20. The number of nitrogens with zero attached hydrogens (tertiary/aromatic N) is 1. The van der Waals surface area contributed by atoms with Crippen LogP contribution in [0.1, 0.15) is 17.2 Å². The SMILES string of the molecule is NC(Cc1cccnc1)c1cc(F)ccc1Cl. The van der Waals surface area contributed by atoms with E-state index in [1.165, 1.54) is 18.2 Å². The summed E-state index contributed by atoms with van der Waals surface area (Å²) in [5, 5.41) is 0.489. The Labute approximate surface area is 104 Å². The fourth-order valence-corrected chi connectivity index (χ4v) is 1.94. The fraction of sp³-hybridized carbons (Fsp3) is 0.154. The maximum absolute atomic E-state index is 13.1. The molecule has 1 aromatic carbocycles. The lowest BCUT2D eigenvalue weighted by Gasteiger charge is -2.13. The van der Waals surface area contributed by atoms with Crippen molar-refractivity contribution in [2.75, 3.05) is 0 Å². The van der Waals surface area contributed by atoms with Crippen molar-refractivity contribution < 1.29 is 4.39 Å². The Hall–Kier alpha value is -1.45. The van der Waals surface area contributed by atoms with Crippen LogP contribution >= 0.6 is 11.6 Å². The second-order valence-electron chi connectivity index (χ2n) is 3.84. The van der Waals surface area contributed by atoms with E-state index in [0.29, 0.717) is 17.0 Å². The van der Waals surface area contributed by atoms with E-state index in [-0.39, 0.29) is 11.9 Å². The molecule has 1 atom stereocenters. The minimum Gasteiger partial charge on any atom is -0.324 e. The predicted octanol–water partition coefficient (Wildman–Crippen LogP) is 3.12. The summed E-state index contributed by atoms with van der Waals surface area (Å²) in [6, 6.07) is 7.67. The molecule has 0 aliphatic carbocycles. The molecule has 2 nitrogen and oxygen atoms in total. The Morgan fingerprint density at radius 2 is 2.18 bits per heavy atom. The molecule has 0 fully saturated rings. The van der Waals surface area contributed by atoms with Gasteiger partial charge in [0.05, 0.1) is 0 Å². The first-order valence-corrected chi connectivity index (χ1v) is 5.64. The summed E-state index contributed by atoms with van der Waals surface area (Å²) >= 11 is 6.00. The fourth-order valence-electron chi connectivity index (χ4n) is 1.68. The summed E-state index contributed by atoms with van der Waals surface area (Å²) in [4.78, 5) is 4.01. The van der Waals surface area contributed by atoms with Gasteiger partial charge in [0.25, 0.3) is 0 Å². The maximum Gasteiger partial charge on any atom is 0.123 e. The monoisotopic (exact) mass is 250 g/mol. The summed E-state index contributed by atoms with van der Waals surface area (Å²) in [6.45, 7) is 0. The van der Waals surface area contributed by atoms with Crippen LogP contribution < -0.4 is 5.73 Å². The number of halogens is 2. The molecule has 0 bridgehead atoms. The third kappa shape index (κ3) is 3.02. The summed E-state index contributed by atoms with van der Waals surface area (Å²) in [5.74, 6) is -0.328. The number of nitrogens with two attached hydrogens (primary N) is 1. The first-order chi connectivity index (χ1) is 8.16. The van der Waals surface area contributed by atoms with Crippen LogP contribution in [0.5, 0.6) is 0 Å². The van der Waals surface area contributed by atoms with Gasteiger partial charge >= 0.3 is 0 Å². The largest absolute Gasteiger partial charge is 0.324 e. The zero-order valence-electron chi connectivity index (χ0n) is 9.11. The number of hydrogen-bond acceptors (Lipinski definition) is 2. The molecule has 17 heavy (non-hydrogen) atoms. The molecule has 1 unspecified atom stereocenters. The van der Waals surface area contributed by atoms with Crippen LogP contribution in [0.25, 0.3) is 0 Å². The standard InChI is InChI=1S/C13H12ClFN2/c14-12-4-3-10(15)7-11(12)13(16)6-9-2-1-5-17-8-9/h1-5,7-8,13H,6,16H2. The lowest BCUT2D eigenvalue weighted by Crippen LogP contribution is -2.14. The van der Waals surface area contributed by atoms with Crippen LogP contribution in [-0.4, -0.2) is 4.98 Å². The molecular formula is C13H12ClFN2. The van der Waals surface area contributed by atoms with Crippen LogP contribution in [-0.2, 0) is 6.42 Å². The highest BCUT2D eigenvalue weighted by Gasteiger charge is 2.12. The Morgan fingerprint density at radius 1 is 1.35 bits per heavy atom. The van der Waals surface area contributed by atoms with Crippen molar-refractivity contribution in [2.45, 2.75) is 12.5 Å². The van der Waals surface area contributed by atoms with Crippen LogP contribution in [0.4, 0.5) is 4.39 Å². The van der Waals surface area contributed by atoms with E-state index in [1.54, 1.807) is 12.4 Å². The van der Waals surface area contributed by atoms with Gasteiger partial charge in [-0.05, 0) is 41.8 Å². The van der Waals surface area contributed by atoms with Gasteiger partial charge in [0.15, 0.2) is 0 Å². The number of hydrogen-bond donors (Lipinski definition) is 1. The predicted molar refractivity (Wildman–Crippen MR) is 66.3 cm³/mol. The topological polar surface area (TPSA) is 38.9 Å². The molecule has 2 N–H and O–H groups in total. The lowest BCUT2D eigenvalue weighted by molar-refractivity contribution is 0.618. The van der Waals surface area contributed by atoms with Crippen molar-refractivity contribution >= 4 is 11.6 Å². The Morgan fingerprint density at radius 3 is 2.88 bits per heavy atom. The molecular weight excluding hydrogens is 239 g/mol. The quantitative estimate of drug-likeness (QED) is 0.909. The number of benzene rings is 1. The number of rotatable bonds is 3. The van der Waals surface area contributed by atoms with Gasteiger partial charge in [0.2, 0.25) is 0 Å². The molecule has 0 aliphatic heterocycles. The van der Waals surface area contributed by atoms with E-state index in [9.17, 15) is 4.39 Å².